The molecule has 0 radical (unpaired) electrons. The molecule has 0 aliphatic rings. The third-order valence-corrected chi connectivity index (χ3v) is 5.79. The first kappa shape index (κ1) is 20.1. The minimum absolute atomic E-state index is 0.728. The minimum Gasteiger partial charge on any atom is -0.356 e. The number of aryl methyl sites for hydroxylation is 3. The van der Waals surface area contributed by atoms with Gasteiger partial charge in [-0.25, -0.2) is 9.97 Å². The second kappa shape index (κ2) is 9.50. The van der Waals surface area contributed by atoms with Crippen LogP contribution in [0.25, 0.3) is 0 Å². The SMILES string of the molecule is CN=C(NCCc1nc(C)c(C)s1)NCc1cccc(Cn2ccnc2C)c1. The van der Waals surface area contributed by atoms with E-state index < -0.39 is 0 Å². The summed E-state index contributed by atoms with van der Waals surface area (Å²) >= 11 is 1.77. The first-order valence-corrected chi connectivity index (χ1v) is 10.3. The average Bonchev–Trinajstić information content (AvgIpc) is 3.23. The van der Waals surface area contributed by atoms with E-state index in [9.17, 15) is 0 Å². The maximum atomic E-state index is 4.58. The number of nitrogens with zero attached hydrogens (tertiary/aromatic N) is 4. The van der Waals surface area contributed by atoms with Crippen LogP contribution in [0.5, 0.6) is 0 Å². The molecule has 6 nitrogen and oxygen atoms in total. The van der Waals surface area contributed by atoms with Gasteiger partial charge in [0.25, 0.3) is 0 Å². The van der Waals surface area contributed by atoms with Crippen LogP contribution in [0.15, 0.2) is 41.7 Å². The third kappa shape index (κ3) is 5.42. The lowest BCUT2D eigenvalue weighted by atomic mass is 10.1. The van der Waals surface area contributed by atoms with Gasteiger partial charge in [0.05, 0.1) is 10.7 Å². The molecule has 2 N–H and O–H groups in total. The summed E-state index contributed by atoms with van der Waals surface area (Å²) in [7, 11) is 1.80. The molecule has 3 aromatic rings. The van der Waals surface area contributed by atoms with Crippen LogP contribution in [0.3, 0.4) is 0 Å². The van der Waals surface area contributed by atoms with Crippen LogP contribution in [0, 0.1) is 20.8 Å². The molecule has 0 saturated carbocycles. The molecule has 7 heteroatoms. The minimum atomic E-state index is 0.728. The maximum absolute atomic E-state index is 4.58. The Morgan fingerprint density at radius 3 is 2.68 bits per heavy atom. The number of thiazole rings is 1. The molecular weight excluding hydrogens is 368 g/mol. The van der Waals surface area contributed by atoms with Crippen molar-refractivity contribution in [3.63, 3.8) is 0 Å². The van der Waals surface area contributed by atoms with Crippen LogP contribution in [-0.4, -0.2) is 34.1 Å². The zero-order chi connectivity index (χ0) is 19.9. The molecule has 0 aliphatic heterocycles. The van der Waals surface area contributed by atoms with Crippen LogP contribution in [-0.2, 0) is 19.5 Å². The summed E-state index contributed by atoms with van der Waals surface area (Å²) in [5.41, 5.74) is 3.62. The number of nitrogens with one attached hydrogen (secondary N) is 2. The van der Waals surface area contributed by atoms with E-state index in [4.69, 9.17) is 0 Å². The summed E-state index contributed by atoms with van der Waals surface area (Å²) in [5, 5.41) is 7.92. The lowest BCUT2D eigenvalue weighted by Crippen LogP contribution is -2.37. The normalized spacial score (nSPS) is 11.6. The van der Waals surface area contributed by atoms with E-state index in [0.29, 0.717) is 0 Å². The number of aromatic nitrogens is 3. The molecule has 2 heterocycles. The summed E-state index contributed by atoms with van der Waals surface area (Å²) in [5.74, 6) is 1.83. The van der Waals surface area contributed by atoms with Gasteiger partial charge in [-0.3, -0.25) is 4.99 Å². The van der Waals surface area contributed by atoms with E-state index in [-0.39, 0.29) is 0 Å². The Kier molecular flexibility index (Phi) is 6.81. The van der Waals surface area contributed by atoms with Crippen molar-refractivity contribution >= 4 is 17.3 Å². The predicted octanol–water partition coefficient (Wildman–Crippen LogP) is 3.22. The van der Waals surface area contributed by atoms with E-state index in [2.05, 4.69) is 68.3 Å². The van der Waals surface area contributed by atoms with Crippen molar-refractivity contribution in [3.8, 4) is 0 Å². The van der Waals surface area contributed by atoms with Crippen LogP contribution >= 0.6 is 11.3 Å². The summed E-state index contributed by atoms with van der Waals surface area (Å²) in [6.07, 6.45) is 4.75. The van der Waals surface area contributed by atoms with Crippen LogP contribution < -0.4 is 10.6 Å². The average molecular weight is 397 g/mol. The Balaban J connectivity index is 1.49. The molecule has 0 aliphatic carbocycles. The highest BCUT2D eigenvalue weighted by Crippen LogP contribution is 2.16. The van der Waals surface area contributed by atoms with Gasteiger partial charge >= 0.3 is 0 Å². The number of benzene rings is 1. The molecule has 0 spiro atoms. The zero-order valence-electron chi connectivity index (χ0n) is 17.0. The third-order valence-electron chi connectivity index (χ3n) is 4.66. The largest absolute Gasteiger partial charge is 0.356 e. The molecule has 0 unspecified atom stereocenters. The van der Waals surface area contributed by atoms with Crippen molar-refractivity contribution in [2.45, 2.75) is 40.3 Å². The predicted molar refractivity (Wildman–Crippen MR) is 116 cm³/mol. The smallest absolute Gasteiger partial charge is 0.191 e. The Morgan fingerprint density at radius 2 is 2.00 bits per heavy atom. The Labute approximate surface area is 170 Å². The highest BCUT2D eigenvalue weighted by molar-refractivity contribution is 7.11. The van der Waals surface area contributed by atoms with Gasteiger partial charge in [-0.2, -0.15) is 0 Å². The second-order valence-corrected chi connectivity index (χ2v) is 8.06. The van der Waals surface area contributed by atoms with Gasteiger partial charge in [0.2, 0.25) is 0 Å². The fraction of sp³-hybridized carbons (Fsp3) is 0.381. The summed E-state index contributed by atoms with van der Waals surface area (Å²) in [6.45, 7) is 8.57. The highest BCUT2D eigenvalue weighted by atomic mass is 32.1. The number of imidazole rings is 1. The lowest BCUT2D eigenvalue weighted by molar-refractivity contribution is 0.757. The number of aliphatic imine (C=N–C) groups is 1. The number of hydrogen-bond donors (Lipinski definition) is 2. The molecule has 0 atom stereocenters. The fourth-order valence-electron chi connectivity index (χ4n) is 2.95. The molecular formula is C21H28N6S. The van der Waals surface area contributed by atoms with Crippen molar-refractivity contribution in [3.05, 3.63) is 69.2 Å². The fourth-order valence-corrected chi connectivity index (χ4v) is 3.88. The monoisotopic (exact) mass is 396 g/mol. The van der Waals surface area contributed by atoms with Gasteiger partial charge < -0.3 is 15.2 Å². The van der Waals surface area contributed by atoms with Gasteiger partial charge in [0.15, 0.2) is 5.96 Å². The van der Waals surface area contributed by atoms with Crippen molar-refractivity contribution in [1.29, 1.82) is 0 Å². The Morgan fingerprint density at radius 1 is 1.18 bits per heavy atom. The summed E-state index contributed by atoms with van der Waals surface area (Å²) < 4.78 is 2.15. The topological polar surface area (TPSA) is 67.1 Å². The molecule has 28 heavy (non-hydrogen) atoms. The second-order valence-electron chi connectivity index (χ2n) is 6.77. The standard InChI is InChI=1S/C21H28N6S/c1-15-16(2)28-20(26-15)8-9-24-21(22-4)25-13-18-6-5-7-19(12-18)14-27-11-10-23-17(27)3/h5-7,10-12H,8-9,13-14H2,1-4H3,(H2,22,24,25). The van der Waals surface area contributed by atoms with E-state index in [1.165, 1.54) is 21.0 Å². The summed E-state index contributed by atoms with van der Waals surface area (Å²) in [6, 6.07) is 8.60. The first-order valence-electron chi connectivity index (χ1n) is 9.48. The van der Waals surface area contributed by atoms with Gasteiger partial charge in [-0.1, -0.05) is 24.3 Å². The number of rotatable bonds is 7. The molecule has 0 bridgehead atoms. The highest BCUT2D eigenvalue weighted by Gasteiger charge is 2.05. The van der Waals surface area contributed by atoms with Gasteiger partial charge in [0.1, 0.15) is 5.82 Å². The van der Waals surface area contributed by atoms with Crippen LogP contribution in [0.4, 0.5) is 0 Å². The van der Waals surface area contributed by atoms with E-state index in [1.54, 1.807) is 18.4 Å². The maximum Gasteiger partial charge on any atom is 0.191 e. The van der Waals surface area contributed by atoms with Gasteiger partial charge in [-0.15, -0.1) is 11.3 Å². The number of guanidine groups is 1. The van der Waals surface area contributed by atoms with Crippen molar-refractivity contribution in [1.82, 2.24) is 25.2 Å². The van der Waals surface area contributed by atoms with Crippen LogP contribution in [0.2, 0.25) is 0 Å². The Bertz CT molecular complexity index is 921. The van der Waals surface area contributed by atoms with Gasteiger partial charge in [-0.05, 0) is 31.9 Å². The van der Waals surface area contributed by atoms with E-state index in [1.807, 2.05) is 19.3 Å². The van der Waals surface area contributed by atoms with Crippen molar-refractivity contribution in [2.75, 3.05) is 13.6 Å². The van der Waals surface area contributed by atoms with Crippen molar-refractivity contribution in [2.24, 2.45) is 4.99 Å². The lowest BCUT2D eigenvalue weighted by Gasteiger charge is -2.12. The quantitative estimate of drug-likeness (QED) is 0.475. The summed E-state index contributed by atoms with van der Waals surface area (Å²) in [4.78, 5) is 14.5. The molecule has 1 aromatic carbocycles. The molecule has 0 saturated heterocycles. The van der Waals surface area contributed by atoms with E-state index >= 15 is 0 Å². The molecule has 0 amide bonds. The zero-order valence-corrected chi connectivity index (χ0v) is 17.8. The molecule has 0 fully saturated rings. The van der Waals surface area contributed by atoms with Crippen molar-refractivity contribution < 1.29 is 0 Å². The Hall–Kier alpha value is -2.67. The first-order chi connectivity index (χ1) is 13.5. The molecule has 148 valence electrons. The molecule has 2 aromatic heterocycles. The van der Waals surface area contributed by atoms with Crippen LogP contribution in [0.1, 0.15) is 32.5 Å². The molecule has 3 rings (SSSR count). The van der Waals surface area contributed by atoms with Gasteiger partial charge in [0, 0.05) is 50.4 Å². The van der Waals surface area contributed by atoms with E-state index in [0.717, 1.165) is 43.5 Å². The number of hydrogen-bond acceptors (Lipinski definition) is 4.